The molecule has 4 heteroatoms. The Balaban J connectivity index is 5.14. The molecule has 3 unspecified atom stereocenters. The minimum atomic E-state index is -0.806. The van der Waals surface area contributed by atoms with Gasteiger partial charge in [-0.15, -0.1) is 0 Å². The molecule has 0 aromatic heterocycles. The van der Waals surface area contributed by atoms with E-state index in [9.17, 15) is 14.4 Å². The summed E-state index contributed by atoms with van der Waals surface area (Å²) in [5.74, 6) is -2.02. The fourth-order valence-corrected chi connectivity index (χ4v) is 2.34. The lowest BCUT2D eigenvalue weighted by Crippen LogP contribution is -2.36. The van der Waals surface area contributed by atoms with Crippen LogP contribution in [0.3, 0.4) is 0 Å². The molecule has 0 aromatic rings. The average Bonchev–Trinajstić information content (AvgIpc) is 2.30. The van der Waals surface area contributed by atoms with Crippen LogP contribution in [0.15, 0.2) is 0 Å². The maximum absolute atomic E-state index is 11.9. The molecule has 0 rings (SSSR count). The van der Waals surface area contributed by atoms with Crippen molar-refractivity contribution in [3.8, 4) is 0 Å². The molecule has 18 heavy (non-hydrogen) atoms. The van der Waals surface area contributed by atoms with Gasteiger partial charge in [0.2, 0.25) is 0 Å². The maximum atomic E-state index is 11.9. The largest absolute Gasteiger partial charge is 0.465 e. The van der Waals surface area contributed by atoms with E-state index in [1.807, 2.05) is 13.8 Å². The Bertz CT molecular complexity index is 286. The number of rotatable bonds is 9. The van der Waals surface area contributed by atoms with Crippen LogP contribution < -0.4 is 0 Å². The van der Waals surface area contributed by atoms with E-state index in [-0.39, 0.29) is 24.2 Å². The lowest BCUT2D eigenvalue weighted by Gasteiger charge is -2.27. The number of carbonyl (C=O) groups is 3. The molecule has 3 atom stereocenters. The summed E-state index contributed by atoms with van der Waals surface area (Å²) in [5, 5.41) is 0. The number of aldehydes is 1. The van der Waals surface area contributed by atoms with Crippen LogP contribution in [0, 0.1) is 17.8 Å². The van der Waals surface area contributed by atoms with E-state index in [0.717, 1.165) is 12.7 Å². The molecule has 0 N–H and O–H groups in total. The highest BCUT2D eigenvalue weighted by molar-refractivity contribution is 5.98. The first-order valence-electron chi connectivity index (χ1n) is 6.65. The minimum Gasteiger partial charge on any atom is -0.465 e. The zero-order chi connectivity index (χ0) is 14.1. The van der Waals surface area contributed by atoms with Gasteiger partial charge in [-0.25, -0.2) is 0 Å². The zero-order valence-corrected chi connectivity index (χ0v) is 11.8. The molecule has 0 aliphatic heterocycles. The smallest absolute Gasteiger partial charge is 0.316 e. The second-order valence-corrected chi connectivity index (χ2v) is 4.50. The van der Waals surface area contributed by atoms with E-state index in [0.29, 0.717) is 12.8 Å². The van der Waals surface area contributed by atoms with Gasteiger partial charge in [0.1, 0.15) is 18.0 Å². The third-order valence-corrected chi connectivity index (χ3v) is 3.22. The number of hydrogen-bond donors (Lipinski definition) is 0. The van der Waals surface area contributed by atoms with Gasteiger partial charge in [-0.2, -0.15) is 0 Å². The topological polar surface area (TPSA) is 60.4 Å². The highest BCUT2D eigenvalue weighted by atomic mass is 16.5. The summed E-state index contributed by atoms with van der Waals surface area (Å²) in [6.07, 6.45) is 3.01. The molecule has 0 radical (unpaired) electrons. The highest BCUT2D eigenvalue weighted by Crippen LogP contribution is 2.29. The van der Waals surface area contributed by atoms with Gasteiger partial charge in [0.15, 0.2) is 0 Å². The van der Waals surface area contributed by atoms with Gasteiger partial charge < -0.3 is 9.53 Å². The molecule has 0 saturated carbocycles. The predicted octanol–water partition coefficient (Wildman–Crippen LogP) is 2.40. The molecule has 4 nitrogen and oxygen atoms in total. The monoisotopic (exact) mass is 256 g/mol. The molecular formula is C14H24O4. The third kappa shape index (κ3) is 4.59. The van der Waals surface area contributed by atoms with Crippen molar-refractivity contribution in [2.75, 3.05) is 6.61 Å². The maximum Gasteiger partial charge on any atom is 0.316 e. The van der Waals surface area contributed by atoms with Gasteiger partial charge in [-0.1, -0.05) is 20.3 Å². The van der Waals surface area contributed by atoms with Gasteiger partial charge >= 0.3 is 5.97 Å². The molecule has 0 aliphatic rings. The fourth-order valence-electron chi connectivity index (χ4n) is 2.34. The van der Waals surface area contributed by atoms with Crippen molar-refractivity contribution in [3.05, 3.63) is 0 Å². The van der Waals surface area contributed by atoms with Crippen molar-refractivity contribution in [2.24, 2.45) is 17.8 Å². The van der Waals surface area contributed by atoms with Gasteiger partial charge in [0.25, 0.3) is 0 Å². The molecule has 0 bridgehead atoms. The molecule has 0 aliphatic carbocycles. The number of ketones is 1. The normalized spacial score (nSPS) is 15.6. The van der Waals surface area contributed by atoms with E-state index in [2.05, 4.69) is 0 Å². The van der Waals surface area contributed by atoms with Gasteiger partial charge in [-0.05, 0) is 32.6 Å². The Morgan fingerprint density at radius 3 is 2.17 bits per heavy atom. The van der Waals surface area contributed by atoms with Crippen molar-refractivity contribution in [1.29, 1.82) is 0 Å². The first-order valence-corrected chi connectivity index (χ1v) is 6.65. The fraction of sp³-hybridized carbons (Fsp3) is 0.786. The number of carbonyl (C=O) groups excluding carboxylic acids is 3. The quantitative estimate of drug-likeness (QED) is 0.361. The first-order chi connectivity index (χ1) is 8.53. The SMILES string of the molecule is CCCC(C(C=O)CC)C(C(C)=O)C(=O)OCC. The molecule has 0 aromatic carbocycles. The van der Waals surface area contributed by atoms with Crippen molar-refractivity contribution in [2.45, 2.75) is 47.0 Å². The molecule has 0 heterocycles. The number of Topliss-reactive ketones (excluding diaryl/α,β-unsaturated/α-hetero) is 1. The first kappa shape index (κ1) is 16.8. The Hall–Kier alpha value is -1.19. The van der Waals surface area contributed by atoms with Crippen LogP contribution in [0.5, 0.6) is 0 Å². The molecule has 0 spiro atoms. The Morgan fingerprint density at radius 1 is 1.22 bits per heavy atom. The summed E-state index contributed by atoms with van der Waals surface area (Å²) in [6.45, 7) is 7.22. The van der Waals surface area contributed by atoms with Crippen LogP contribution in [0.1, 0.15) is 47.0 Å². The number of hydrogen-bond acceptors (Lipinski definition) is 4. The standard InChI is InChI=1S/C14H24O4/c1-5-8-12(11(6-2)9-15)13(10(4)16)14(17)18-7-3/h9,11-13H,5-8H2,1-4H3. The van der Waals surface area contributed by atoms with E-state index >= 15 is 0 Å². The van der Waals surface area contributed by atoms with E-state index in [4.69, 9.17) is 4.74 Å². The molecule has 0 saturated heterocycles. The van der Waals surface area contributed by atoms with E-state index in [1.165, 1.54) is 6.92 Å². The van der Waals surface area contributed by atoms with Gasteiger partial charge in [-0.3, -0.25) is 9.59 Å². The number of esters is 1. The zero-order valence-electron chi connectivity index (χ0n) is 11.8. The molecule has 104 valence electrons. The van der Waals surface area contributed by atoms with E-state index < -0.39 is 11.9 Å². The van der Waals surface area contributed by atoms with Crippen LogP contribution >= 0.6 is 0 Å². The van der Waals surface area contributed by atoms with Crippen molar-refractivity contribution < 1.29 is 19.1 Å². The molecule has 0 fully saturated rings. The Labute approximate surface area is 109 Å². The Kier molecular flexibility index (Phi) is 8.25. The van der Waals surface area contributed by atoms with Crippen molar-refractivity contribution >= 4 is 18.0 Å². The van der Waals surface area contributed by atoms with Crippen molar-refractivity contribution in [3.63, 3.8) is 0 Å². The van der Waals surface area contributed by atoms with Gasteiger partial charge in [0.05, 0.1) is 6.61 Å². The lowest BCUT2D eigenvalue weighted by atomic mass is 9.76. The molecular weight excluding hydrogens is 232 g/mol. The summed E-state index contributed by atoms with van der Waals surface area (Å²) >= 11 is 0. The van der Waals surface area contributed by atoms with Crippen LogP contribution in [-0.4, -0.2) is 24.6 Å². The van der Waals surface area contributed by atoms with Crippen LogP contribution in [0.4, 0.5) is 0 Å². The minimum absolute atomic E-state index is 0.216. The lowest BCUT2D eigenvalue weighted by molar-refractivity contribution is -0.154. The third-order valence-electron chi connectivity index (χ3n) is 3.22. The summed E-state index contributed by atoms with van der Waals surface area (Å²) in [6, 6.07) is 0. The second kappa shape index (κ2) is 8.84. The highest BCUT2D eigenvalue weighted by Gasteiger charge is 2.37. The summed E-state index contributed by atoms with van der Waals surface area (Å²) in [5.41, 5.74) is 0. The predicted molar refractivity (Wildman–Crippen MR) is 69.0 cm³/mol. The van der Waals surface area contributed by atoms with Crippen LogP contribution in [0.25, 0.3) is 0 Å². The van der Waals surface area contributed by atoms with Crippen LogP contribution in [-0.2, 0) is 19.1 Å². The van der Waals surface area contributed by atoms with Gasteiger partial charge in [0, 0.05) is 5.92 Å². The number of ether oxygens (including phenoxy) is 1. The summed E-state index contributed by atoms with van der Waals surface area (Å²) in [7, 11) is 0. The second-order valence-electron chi connectivity index (χ2n) is 4.50. The van der Waals surface area contributed by atoms with Crippen LogP contribution in [0.2, 0.25) is 0 Å². The van der Waals surface area contributed by atoms with E-state index in [1.54, 1.807) is 6.92 Å². The summed E-state index contributed by atoms with van der Waals surface area (Å²) < 4.78 is 4.96. The Morgan fingerprint density at radius 2 is 1.83 bits per heavy atom. The molecule has 0 amide bonds. The van der Waals surface area contributed by atoms with Crippen molar-refractivity contribution in [1.82, 2.24) is 0 Å². The summed E-state index contributed by atoms with van der Waals surface area (Å²) in [4.78, 5) is 34.7. The average molecular weight is 256 g/mol.